The maximum Gasteiger partial charge on any atom is 0.254 e. The smallest absolute Gasteiger partial charge is 0.254 e. The summed E-state index contributed by atoms with van der Waals surface area (Å²) in [5.41, 5.74) is 6.81. The lowest BCUT2D eigenvalue weighted by atomic mass is 9.93. The van der Waals surface area contributed by atoms with Crippen molar-refractivity contribution < 1.29 is 9.90 Å². The van der Waals surface area contributed by atoms with Crippen LogP contribution in [-0.2, 0) is 12.6 Å². The molecular weight excluding hydrogens is 308 g/mol. The average Bonchev–Trinajstić information content (AvgIpc) is 3.23. The maximum atomic E-state index is 12.0. The third-order valence-electron chi connectivity index (χ3n) is 4.60. The molecule has 4 rings (SSSR count). The summed E-state index contributed by atoms with van der Waals surface area (Å²) in [6.45, 7) is 0. The summed E-state index contributed by atoms with van der Waals surface area (Å²) in [6, 6.07) is 1.73. The monoisotopic (exact) mass is 326 g/mol. The summed E-state index contributed by atoms with van der Waals surface area (Å²) in [6.07, 6.45) is 8.24. The number of fused-ring (bicyclic) bond motifs is 1. The second-order valence-electron chi connectivity index (χ2n) is 6.28. The first-order chi connectivity index (χ1) is 11.5. The lowest BCUT2D eigenvalue weighted by Crippen LogP contribution is -2.23. The number of amides is 1. The van der Waals surface area contributed by atoms with Gasteiger partial charge < -0.3 is 10.8 Å². The van der Waals surface area contributed by atoms with Crippen molar-refractivity contribution in [3.05, 3.63) is 35.9 Å². The average molecular weight is 326 g/mol. The van der Waals surface area contributed by atoms with E-state index in [0.29, 0.717) is 35.4 Å². The van der Waals surface area contributed by atoms with E-state index in [1.54, 1.807) is 36.4 Å². The number of aryl methyl sites for hydroxylation is 1. The number of carbonyl (C=O) groups is 1. The molecule has 124 valence electrons. The predicted octanol–water partition coefficient (Wildman–Crippen LogP) is 0.990. The molecule has 0 unspecified atom stereocenters. The van der Waals surface area contributed by atoms with E-state index >= 15 is 0 Å². The van der Waals surface area contributed by atoms with Gasteiger partial charge in [0.15, 0.2) is 5.65 Å². The highest BCUT2D eigenvalue weighted by atomic mass is 16.3. The molecule has 0 atom stereocenters. The van der Waals surface area contributed by atoms with Gasteiger partial charge in [0.1, 0.15) is 22.6 Å². The van der Waals surface area contributed by atoms with Gasteiger partial charge in [-0.1, -0.05) is 12.8 Å². The van der Waals surface area contributed by atoms with Gasteiger partial charge in [-0.15, -0.1) is 0 Å². The van der Waals surface area contributed by atoms with Crippen LogP contribution < -0.4 is 5.73 Å². The molecule has 0 bridgehead atoms. The van der Waals surface area contributed by atoms with Crippen molar-refractivity contribution in [1.29, 1.82) is 0 Å². The Labute approximate surface area is 137 Å². The van der Waals surface area contributed by atoms with Gasteiger partial charge in [-0.05, 0) is 18.9 Å². The summed E-state index contributed by atoms with van der Waals surface area (Å²) in [7, 11) is 1.78. The Hall–Kier alpha value is -2.74. The van der Waals surface area contributed by atoms with Crippen molar-refractivity contribution in [2.24, 2.45) is 12.8 Å². The van der Waals surface area contributed by atoms with E-state index in [1.807, 2.05) is 0 Å². The molecule has 3 N–H and O–H groups in total. The summed E-state index contributed by atoms with van der Waals surface area (Å²) >= 11 is 0. The number of nitrogens with two attached hydrogens (primary N) is 1. The molecule has 8 heteroatoms. The minimum atomic E-state index is -0.991. The number of carbonyl (C=O) groups excluding carboxylic acids is 1. The van der Waals surface area contributed by atoms with E-state index in [2.05, 4.69) is 15.2 Å². The summed E-state index contributed by atoms with van der Waals surface area (Å²) < 4.78 is 3.15. The molecule has 3 heterocycles. The van der Waals surface area contributed by atoms with Gasteiger partial charge in [-0.2, -0.15) is 10.2 Å². The van der Waals surface area contributed by atoms with Gasteiger partial charge in [0.05, 0.1) is 0 Å². The Balaban J connectivity index is 1.99. The van der Waals surface area contributed by atoms with Crippen LogP contribution >= 0.6 is 0 Å². The van der Waals surface area contributed by atoms with Crippen LogP contribution in [0.2, 0.25) is 0 Å². The van der Waals surface area contributed by atoms with E-state index < -0.39 is 11.5 Å². The molecule has 1 saturated carbocycles. The maximum absolute atomic E-state index is 12.0. The Morgan fingerprint density at radius 1 is 1.33 bits per heavy atom. The van der Waals surface area contributed by atoms with Crippen LogP contribution in [-0.4, -0.2) is 35.4 Å². The highest BCUT2D eigenvalue weighted by Crippen LogP contribution is 2.42. The van der Waals surface area contributed by atoms with E-state index in [4.69, 9.17) is 5.73 Å². The van der Waals surface area contributed by atoms with E-state index in [0.717, 1.165) is 12.8 Å². The zero-order valence-electron chi connectivity index (χ0n) is 13.3. The zero-order valence-corrected chi connectivity index (χ0v) is 13.3. The normalized spacial score (nSPS) is 16.8. The molecule has 0 spiro atoms. The van der Waals surface area contributed by atoms with Gasteiger partial charge >= 0.3 is 0 Å². The fourth-order valence-corrected chi connectivity index (χ4v) is 3.50. The number of hydrogen-bond acceptors (Lipinski definition) is 5. The van der Waals surface area contributed by atoms with Crippen molar-refractivity contribution >= 4 is 11.6 Å². The molecule has 1 aliphatic carbocycles. The van der Waals surface area contributed by atoms with Gasteiger partial charge in [-0.25, -0.2) is 9.50 Å². The number of rotatable bonds is 3. The van der Waals surface area contributed by atoms with Crippen LogP contribution in [0.5, 0.6) is 0 Å². The largest absolute Gasteiger partial charge is 0.383 e. The fourth-order valence-electron chi connectivity index (χ4n) is 3.50. The first-order valence-electron chi connectivity index (χ1n) is 7.90. The lowest BCUT2D eigenvalue weighted by Gasteiger charge is -2.20. The minimum absolute atomic E-state index is 0.242. The molecule has 1 fully saturated rings. The Bertz CT molecular complexity index is 935. The minimum Gasteiger partial charge on any atom is -0.383 e. The summed E-state index contributed by atoms with van der Waals surface area (Å²) in [5.74, 6) is -0.605. The van der Waals surface area contributed by atoms with Crippen LogP contribution in [0.3, 0.4) is 0 Å². The van der Waals surface area contributed by atoms with Gasteiger partial charge in [0.25, 0.3) is 5.91 Å². The van der Waals surface area contributed by atoms with Crippen molar-refractivity contribution in [1.82, 2.24) is 24.4 Å². The molecule has 0 saturated heterocycles. The highest BCUT2D eigenvalue weighted by Gasteiger charge is 2.39. The highest BCUT2D eigenvalue weighted by molar-refractivity contribution is 6.04. The van der Waals surface area contributed by atoms with Crippen molar-refractivity contribution in [3.8, 4) is 11.3 Å². The number of aliphatic hydroxyl groups is 1. The van der Waals surface area contributed by atoms with Gasteiger partial charge in [0, 0.05) is 31.2 Å². The van der Waals surface area contributed by atoms with Gasteiger partial charge in [-0.3, -0.25) is 9.48 Å². The van der Waals surface area contributed by atoms with E-state index in [9.17, 15) is 9.90 Å². The number of aromatic nitrogens is 5. The third kappa shape index (κ3) is 2.10. The Morgan fingerprint density at radius 3 is 2.79 bits per heavy atom. The molecule has 0 aliphatic heterocycles. The topological polar surface area (TPSA) is 111 Å². The fraction of sp³-hybridized carbons (Fsp3) is 0.375. The molecule has 3 aromatic rings. The Kier molecular flexibility index (Phi) is 3.17. The Morgan fingerprint density at radius 2 is 2.08 bits per heavy atom. The van der Waals surface area contributed by atoms with E-state index in [1.165, 1.54) is 4.52 Å². The van der Waals surface area contributed by atoms with E-state index in [-0.39, 0.29) is 5.56 Å². The lowest BCUT2D eigenvalue weighted by molar-refractivity contribution is 0.0399. The molecule has 0 radical (unpaired) electrons. The summed E-state index contributed by atoms with van der Waals surface area (Å²) in [5, 5.41) is 19.9. The van der Waals surface area contributed by atoms with Crippen molar-refractivity contribution in [2.45, 2.75) is 31.3 Å². The number of nitrogens with zero attached hydrogens (tertiary/aromatic N) is 5. The van der Waals surface area contributed by atoms with Crippen molar-refractivity contribution in [2.75, 3.05) is 0 Å². The molecule has 8 nitrogen and oxygen atoms in total. The second-order valence-corrected chi connectivity index (χ2v) is 6.28. The number of primary amides is 1. The zero-order chi connectivity index (χ0) is 16.9. The third-order valence-corrected chi connectivity index (χ3v) is 4.60. The van der Waals surface area contributed by atoms with Crippen LogP contribution in [0.4, 0.5) is 0 Å². The SMILES string of the molecule is Cn1cc(-c2nn3cccnc3c2C(N)=O)c(C2(O)CCCC2)n1. The quantitative estimate of drug-likeness (QED) is 0.745. The molecular formula is C16H18N6O2. The van der Waals surface area contributed by atoms with Crippen LogP contribution in [0.15, 0.2) is 24.7 Å². The molecule has 1 aliphatic rings. The number of hydrogen-bond donors (Lipinski definition) is 2. The van der Waals surface area contributed by atoms with Gasteiger partial charge in [0.2, 0.25) is 0 Å². The predicted molar refractivity (Wildman–Crippen MR) is 86.1 cm³/mol. The molecule has 1 amide bonds. The standard InChI is InChI=1S/C16H18N6O2/c1-21-9-10(13(20-21)16(24)5-2-3-6-16)12-11(14(17)23)15-18-7-4-8-22(15)19-12/h4,7-9,24H,2-3,5-6H2,1H3,(H2,17,23). The van der Waals surface area contributed by atoms with Crippen LogP contribution in [0.1, 0.15) is 41.7 Å². The molecule has 24 heavy (non-hydrogen) atoms. The molecule has 0 aromatic carbocycles. The van der Waals surface area contributed by atoms with Crippen LogP contribution in [0, 0.1) is 0 Å². The van der Waals surface area contributed by atoms with Crippen molar-refractivity contribution in [3.63, 3.8) is 0 Å². The second kappa shape index (κ2) is 5.13. The first-order valence-corrected chi connectivity index (χ1v) is 7.90. The first kappa shape index (κ1) is 14.8. The molecule has 3 aromatic heterocycles. The van der Waals surface area contributed by atoms with Crippen LogP contribution in [0.25, 0.3) is 16.9 Å². The summed E-state index contributed by atoms with van der Waals surface area (Å²) in [4.78, 5) is 16.2.